The van der Waals surface area contributed by atoms with Crippen molar-refractivity contribution in [3.63, 3.8) is 0 Å². The van der Waals surface area contributed by atoms with E-state index in [0.717, 1.165) is 0 Å². The third kappa shape index (κ3) is 4.48. The van der Waals surface area contributed by atoms with E-state index < -0.39 is 5.97 Å². The molecule has 8 heteroatoms. The molecule has 1 aliphatic heterocycles. The van der Waals surface area contributed by atoms with Crippen LogP contribution >= 0.6 is 0 Å². The highest BCUT2D eigenvalue weighted by Gasteiger charge is 2.34. The van der Waals surface area contributed by atoms with Crippen LogP contribution in [0.3, 0.4) is 0 Å². The van der Waals surface area contributed by atoms with Gasteiger partial charge in [0.2, 0.25) is 5.91 Å². The van der Waals surface area contributed by atoms with Gasteiger partial charge in [0, 0.05) is 13.0 Å². The molecule has 2 N–H and O–H groups in total. The van der Waals surface area contributed by atoms with Crippen LogP contribution in [0.1, 0.15) is 56.8 Å². The van der Waals surface area contributed by atoms with E-state index in [9.17, 15) is 24.3 Å². The van der Waals surface area contributed by atoms with Crippen LogP contribution in [0.2, 0.25) is 0 Å². The van der Waals surface area contributed by atoms with Crippen molar-refractivity contribution < 1.29 is 29.0 Å². The Morgan fingerprint density at radius 2 is 1.67 bits per heavy atom. The molecule has 1 heterocycles. The van der Waals surface area contributed by atoms with Gasteiger partial charge in [0.1, 0.15) is 5.75 Å². The minimum Gasteiger partial charge on any atom is -0.506 e. The number of hydrogen-bond donors (Lipinski definition) is 2. The third-order valence-corrected chi connectivity index (χ3v) is 4.86. The summed E-state index contributed by atoms with van der Waals surface area (Å²) in [5, 5.41) is 12.5. The Labute approximate surface area is 173 Å². The number of carbonyl (C=O) groups is 4. The molecule has 156 valence electrons. The molecule has 2 aromatic rings. The average molecular weight is 410 g/mol. The molecule has 30 heavy (non-hydrogen) atoms. The van der Waals surface area contributed by atoms with E-state index in [-0.39, 0.29) is 41.1 Å². The second-order valence-electron chi connectivity index (χ2n) is 6.89. The maximum atomic E-state index is 12.3. The number of phenols is 1. The number of anilines is 1. The molecular formula is C22H22N2O6. The number of phenolic OH excluding ortho intramolecular Hbond substituents is 1. The Morgan fingerprint density at radius 3 is 2.27 bits per heavy atom. The zero-order valence-electron chi connectivity index (χ0n) is 16.5. The quantitative estimate of drug-likeness (QED) is 0.299. The van der Waals surface area contributed by atoms with Crippen LogP contribution in [-0.2, 0) is 9.53 Å². The number of carbonyl (C=O) groups excluding carboxylic acids is 4. The van der Waals surface area contributed by atoms with Crippen molar-refractivity contribution in [1.29, 1.82) is 0 Å². The summed E-state index contributed by atoms with van der Waals surface area (Å²) in [4.78, 5) is 49.3. The summed E-state index contributed by atoms with van der Waals surface area (Å²) in [6.07, 6.45) is 2.04. The van der Waals surface area contributed by atoms with Crippen molar-refractivity contribution >= 4 is 29.4 Å². The van der Waals surface area contributed by atoms with Crippen LogP contribution in [0.5, 0.6) is 5.75 Å². The molecule has 1 aliphatic rings. The van der Waals surface area contributed by atoms with E-state index in [1.165, 1.54) is 30.2 Å². The van der Waals surface area contributed by atoms with E-state index in [0.29, 0.717) is 36.9 Å². The lowest BCUT2D eigenvalue weighted by molar-refractivity contribution is -0.116. The average Bonchev–Trinajstić information content (AvgIpc) is 2.99. The number of hydrogen-bond acceptors (Lipinski definition) is 6. The maximum Gasteiger partial charge on any atom is 0.337 e. The first-order chi connectivity index (χ1) is 14.4. The minimum absolute atomic E-state index is 0.182. The molecule has 0 saturated carbocycles. The van der Waals surface area contributed by atoms with Gasteiger partial charge in [-0.05, 0) is 43.2 Å². The molecule has 0 bridgehead atoms. The molecule has 3 rings (SSSR count). The zero-order valence-corrected chi connectivity index (χ0v) is 16.5. The molecule has 0 spiro atoms. The Kier molecular flexibility index (Phi) is 6.46. The predicted molar refractivity (Wildman–Crippen MR) is 108 cm³/mol. The van der Waals surface area contributed by atoms with Gasteiger partial charge in [0.25, 0.3) is 11.8 Å². The van der Waals surface area contributed by atoms with Crippen LogP contribution in [-0.4, -0.2) is 47.4 Å². The van der Waals surface area contributed by atoms with Gasteiger partial charge in [-0.2, -0.15) is 0 Å². The molecule has 8 nitrogen and oxygen atoms in total. The van der Waals surface area contributed by atoms with Crippen LogP contribution in [0.4, 0.5) is 5.69 Å². The summed E-state index contributed by atoms with van der Waals surface area (Å²) >= 11 is 0. The third-order valence-electron chi connectivity index (χ3n) is 4.86. The van der Waals surface area contributed by atoms with Gasteiger partial charge in [-0.3, -0.25) is 19.3 Å². The lowest BCUT2D eigenvalue weighted by Crippen LogP contribution is -2.30. The van der Waals surface area contributed by atoms with Crippen molar-refractivity contribution in [2.24, 2.45) is 0 Å². The van der Waals surface area contributed by atoms with Crippen LogP contribution in [0.25, 0.3) is 0 Å². The van der Waals surface area contributed by atoms with Crippen LogP contribution in [0.15, 0.2) is 42.5 Å². The molecule has 2 aromatic carbocycles. The lowest BCUT2D eigenvalue weighted by Gasteiger charge is -2.13. The first kappa shape index (κ1) is 21.0. The summed E-state index contributed by atoms with van der Waals surface area (Å²) in [6, 6.07) is 10.9. The fourth-order valence-electron chi connectivity index (χ4n) is 3.27. The second kappa shape index (κ2) is 9.21. The van der Waals surface area contributed by atoms with Crippen molar-refractivity contribution in [2.45, 2.75) is 25.7 Å². The number of benzene rings is 2. The summed E-state index contributed by atoms with van der Waals surface area (Å²) in [5.41, 5.74) is 1.25. The van der Waals surface area contributed by atoms with Crippen LogP contribution < -0.4 is 5.32 Å². The number of methoxy groups -OCH3 is 1. The molecular weight excluding hydrogens is 388 g/mol. The molecule has 0 atom stereocenters. The van der Waals surface area contributed by atoms with E-state index in [2.05, 4.69) is 10.1 Å². The molecule has 0 aromatic heterocycles. The minimum atomic E-state index is -0.582. The van der Waals surface area contributed by atoms with Crippen molar-refractivity contribution in [2.75, 3.05) is 19.0 Å². The Balaban J connectivity index is 1.41. The standard InChI is InChI=1S/C22H22N2O6/c1-30-22(29)14-10-11-17(18(25)13-14)23-19(26)9-3-2-6-12-24-20(27)15-7-4-5-8-16(15)21(24)28/h4-5,7-8,10-11,13,25H,2-3,6,9,12H2,1H3,(H,23,26). The number of nitrogens with zero attached hydrogens (tertiary/aromatic N) is 1. The fourth-order valence-corrected chi connectivity index (χ4v) is 3.27. The Bertz CT molecular complexity index is 966. The normalized spacial score (nSPS) is 12.6. The van der Waals surface area contributed by atoms with E-state index in [4.69, 9.17) is 0 Å². The predicted octanol–water partition coefficient (Wildman–Crippen LogP) is 2.97. The van der Waals surface area contributed by atoms with Gasteiger partial charge in [0.05, 0.1) is 29.5 Å². The van der Waals surface area contributed by atoms with Crippen molar-refractivity contribution in [1.82, 2.24) is 4.90 Å². The van der Waals surface area contributed by atoms with Gasteiger partial charge in [-0.1, -0.05) is 18.6 Å². The smallest absolute Gasteiger partial charge is 0.337 e. The first-order valence-electron chi connectivity index (χ1n) is 9.58. The topological polar surface area (TPSA) is 113 Å². The molecule has 0 unspecified atom stereocenters. The number of amides is 3. The Morgan fingerprint density at radius 1 is 1.00 bits per heavy atom. The van der Waals surface area contributed by atoms with Crippen LogP contribution in [0, 0.1) is 0 Å². The number of fused-ring (bicyclic) bond motifs is 1. The summed E-state index contributed by atoms with van der Waals surface area (Å²) in [7, 11) is 1.24. The van der Waals surface area contributed by atoms with Gasteiger partial charge in [-0.15, -0.1) is 0 Å². The number of ether oxygens (including phenoxy) is 1. The second-order valence-corrected chi connectivity index (χ2v) is 6.89. The number of aromatic hydroxyl groups is 1. The number of rotatable bonds is 8. The highest BCUT2D eigenvalue weighted by molar-refractivity contribution is 6.21. The molecule has 0 radical (unpaired) electrons. The van der Waals surface area contributed by atoms with Crippen molar-refractivity contribution in [3.8, 4) is 5.75 Å². The fraction of sp³-hybridized carbons (Fsp3) is 0.273. The van der Waals surface area contributed by atoms with Gasteiger partial charge in [0.15, 0.2) is 0 Å². The summed E-state index contributed by atoms with van der Waals surface area (Å²) < 4.78 is 4.57. The molecule has 0 aliphatic carbocycles. The van der Waals surface area contributed by atoms with E-state index >= 15 is 0 Å². The van der Waals surface area contributed by atoms with Gasteiger partial charge >= 0.3 is 5.97 Å². The molecule has 0 fully saturated rings. The number of unbranched alkanes of at least 4 members (excludes halogenated alkanes) is 2. The largest absolute Gasteiger partial charge is 0.506 e. The first-order valence-corrected chi connectivity index (χ1v) is 9.58. The Hall–Kier alpha value is -3.68. The highest BCUT2D eigenvalue weighted by Crippen LogP contribution is 2.25. The monoisotopic (exact) mass is 410 g/mol. The van der Waals surface area contributed by atoms with Crippen molar-refractivity contribution in [3.05, 3.63) is 59.2 Å². The van der Waals surface area contributed by atoms with E-state index in [1.54, 1.807) is 24.3 Å². The summed E-state index contributed by atoms with van der Waals surface area (Å²) in [6.45, 7) is 0.309. The SMILES string of the molecule is COC(=O)c1ccc(NC(=O)CCCCCN2C(=O)c3ccccc3C2=O)c(O)c1. The molecule has 3 amide bonds. The highest BCUT2D eigenvalue weighted by atomic mass is 16.5. The maximum absolute atomic E-state index is 12.3. The number of imide groups is 1. The lowest BCUT2D eigenvalue weighted by atomic mass is 10.1. The van der Waals surface area contributed by atoms with Gasteiger partial charge in [-0.25, -0.2) is 4.79 Å². The number of nitrogens with one attached hydrogen (secondary N) is 1. The summed E-state index contributed by atoms with van der Waals surface area (Å²) in [5.74, 6) is -1.64. The number of esters is 1. The zero-order chi connectivity index (χ0) is 21.7. The molecule has 0 saturated heterocycles. The van der Waals surface area contributed by atoms with Gasteiger partial charge < -0.3 is 15.2 Å². The van der Waals surface area contributed by atoms with E-state index in [1.807, 2.05) is 0 Å².